The molecule has 2 N–H and O–H groups in total. The molecular formula is C14H16BrN5O. The first kappa shape index (κ1) is 13.9. The van der Waals surface area contributed by atoms with Crippen molar-refractivity contribution in [1.29, 1.82) is 0 Å². The Labute approximate surface area is 130 Å². The van der Waals surface area contributed by atoms with E-state index in [0.29, 0.717) is 5.95 Å². The van der Waals surface area contributed by atoms with Crippen LogP contribution in [0, 0.1) is 6.92 Å². The highest BCUT2D eigenvalue weighted by Crippen LogP contribution is 2.31. The number of rotatable bonds is 3. The van der Waals surface area contributed by atoms with Crippen molar-refractivity contribution in [3.05, 3.63) is 28.4 Å². The van der Waals surface area contributed by atoms with Crippen LogP contribution in [0.1, 0.15) is 12.6 Å². The van der Waals surface area contributed by atoms with Crippen LogP contribution < -0.4 is 10.5 Å². The standard InChI is InChI=1S/C14H16BrN5O/c1-4-19-13-12(8(2)18-19)17-14(16)20(13)9-5-6-10(15)11(7-9)21-3/h5-7H,4H2,1-3H3,(H2,16,17). The van der Waals surface area contributed by atoms with Gasteiger partial charge in [0.25, 0.3) is 0 Å². The van der Waals surface area contributed by atoms with Crippen molar-refractivity contribution in [1.82, 2.24) is 19.3 Å². The van der Waals surface area contributed by atoms with E-state index < -0.39 is 0 Å². The number of fused-ring (bicyclic) bond motifs is 1. The van der Waals surface area contributed by atoms with Gasteiger partial charge in [0.15, 0.2) is 5.65 Å². The number of halogens is 1. The van der Waals surface area contributed by atoms with Crippen LogP contribution >= 0.6 is 15.9 Å². The summed E-state index contributed by atoms with van der Waals surface area (Å²) < 4.78 is 10.0. The smallest absolute Gasteiger partial charge is 0.207 e. The highest BCUT2D eigenvalue weighted by Gasteiger charge is 2.18. The average molecular weight is 350 g/mol. The Morgan fingerprint density at radius 3 is 2.81 bits per heavy atom. The third kappa shape index (κ3) is 2.08. The average Bonchev–Trinajstić information content (AvgIpc) is 2.96. The lowest BCUT2D eigenvalue weighted by atomic mass is 10.3. The van der Waals surface area contributed by atoms with Crippen LogP contribution in [0.25, 0.3) is 16.9 Å². The van der Waals surface area contributed by atoms with Gasteiger partial charge in [0, 0.05) is 12.6 Å². The van der Waals surface area contributed by atoms with Gasteiger partial charge in [0.2, 0.25) is 5.95 Å². The molecule has 0 radical (unpaired) electrons. The first-order valence-electron chi connectivity index (χ1n) is 6.62. The lowest BCUT2D eigenvalue weighted by molar-refractivity contribution is 0.412. The highest BCUT2D eigenvalue weighted by atomic mass is 79.9. The van der Waals surface area contributed by atoms with Gasteiger partial charge in [-0.2, -0.15) is 5.10 Å². The minimum Gasteiger partial charge on any atom is -0.495 e. The second-order valence-electron chi connectivity index (χ2n) is 4.70. The maximum atomic E-state index is 6.11. The maximum absolute atomic E-state index is 6.11. The van der Waals surface area contributed by atoms with Gasteiger partial charge in [-0.1, -0.05) is 0 Å². The quantitative estimate of drug-likeness (QED) is 0.789. The van der Waals surface area contributed by atoms with E-state index >= 15 is 0 Å². The number of ether oxygens (including phenoxy) is 1. The van der Waals surface area contributed by atoms with Gasteiger partial charge in [-0.05, 0) is 41.9 Å². The number of aromatic nitrogens is 4. The van der Waals surface area contributed by atoms with E-state index in [9.17, 15) is 0 Å². The fraction of sp³-hybridized carbons (Fsp3) is 0.286. The molecule has 0 amide bonds. The van der Waals surface area contributed by atoms with Crippen LogP contribution in [0.15, 0.2) is 22.7 Å². The Morgan fingerprint density at radius 1 is 1.38 bits per heavy atom. The van der Waals surface area contributed by atoms with Crippen molar-refractivity contribution in [3.63, 3.8) is 0 Å². The first-order chi connectivity index (χ1) is 10.1. The third-order valence-corrected chi connectivity index (χ3v) is 4.08. The third-order valence-electron chi connectivity index (χ3n) is 3.43. The number of nitrogens with zero attached hydrogens (tertiary/aromatic N) is 4. The van der Waals surface area contributed by atoms with Crippen molar-refractivity contribution in [2.45, 2.75) is 20.4 Å². The van der Waals surface area contributed by atoms with Crippen molar-refractivity contribution in [3.8, 4) is 11.4 Å². The minimum absolute atomic E-state index is 0.442. The zero-order valence-electron chi connectivity index (χ0n) is 12.1. The number of methoxy groups -OCH3 is 1. The van der Waals surface area contributed by atoms with Crippen molar-refractivity contribution in [2.75, 3.05) is 12.8 Å². The fourth-order valence-electron chi connectivity index (χ4n) is 2.45. The summed E-state index contributed by atoms with van der Waals surface area (Å²) in [5.41, 5.74) is 9.61. The molecule has 0 atom stereocenters. The molecule has 0 aliphatic heterocycles. The van der Waals surface area contributed by atoms with Crippen LogP contribution in [-0.2, 0) is 6.54 Å². The number of imidazole rings is 1. The molecule has 0 aliphatic carbocycles. The van der Waals surface area contributed by atoms with E-state index in [0.717, 1.165) is 39.3 Å². The van der Waals surface area contributed by atoms with Crippen molar-refractivity contribution in [2.24, 2.45) is 0 Å². The Balaban J connectivity index is 2.31. The van der Waals surface area contributed by atoms with E-state index in [1.54, 1.807) is 7.11 Å². The highest BCUT2D eigenvalue weighted by molar-refractivity contribution is 9.10. The summed E-state index contributed by atoms with van der Waals surface area (Å²) in [6, 6.07) is 5.81. The molecule has 2 heterocycles. The molecule has 1 aromatic carbocycles. The molecule has 3 rings (SSSR count). The molecule has 0 saturated heterocycles. The molecule has 7 heteroatoms. The summed E-state index contributed by atoms with van der Waals surface area (Å²) >= 11 is 3.46. The van der Waals surface area contributed by atoms with Gasteiger partial charge < -0.3 is 10.5 Å². The minimum atomic E-state index is 0.442. The Bertz CT molecular complexity index is 820. The van der Waals surface area contributed by atoms with Gasteiger partial charge in [-0.15, -0.1) is 0 Å². The zero-order valence-corrected chi connectivity index (χ0v) is 13.7. The van der Waals surface area contributed by atoms with Crippen LogP contribution in [0.4, 0.5) is 5.95 Å². The summed E-state index contributed by atoms with van der Waals surface area (Å²) in [6.45, 7) is 4.73. The SMILES string of the molecule is CCn1nc(C)c2nc(N)n(-c3ccc(Br)c(OC)c3)c21. The molecule has 0 spiro atoms. The summed E-state index contributed by atoms with van der Waals surface area (Å²) in [6.07, 6.45) is 0. The number of hydrogen-bond donors (Lipinski definition) is 1. The molecule has 0 fully saturated rings. The molecule has 3 aromatic rings. The van der Waals surface area contributed by atoms with Gasteiger partial charge in [-0.25, -0.2) is 9.67 Å². The van der Waals surface area contributed by atoms with Crippen LogP contribution in [0.5, 0.6) is 5.75 Å². The fourth-order valence-corrected chi connectivity index (χ4v) is 2.86. The summed E-state index contributed by atoms with van der Waals surface area (Å²) in [5, 5.41) is 4.49. The lowest BCUT2D eigenvalue weighted by Gasteiger charge is -2.10. The number of anilines is 1. The monoisotopic (exact) mass is 349 g/mol. The molecule has 0 unspecified atom stereocenters. The zero-order chi connectivity index (χ0) is 15.1. The second-order valence-corrected chi connectivity index (χ2v) is 5.55. The van der Waals surface area contributed by atoms with E-state index in [1.807, 2.05) is 41.3 Å². The predicted octanol–water partition coefficient (Wildman–Crippen LogP) is 2.90. The summed E-state index contributed by atoms with van der Waals surface area (Å²) in [4.78, 5) is 4.44. The van der Waals surface area contributed by atoms with E-state index in [1.165, 1.54) is 0 Å². The van der Waals surface area contributed by atoms with Gasteiger partial charge in [0.1, 0.15) is 11.3 Å². The number of benzene rings is 1. The summed E-state index contributed by atoms with van der Waals surface area (Å²) in [7, 11) is 1.64. The Hall–Kier alpha value is -2.02. The topological polar surface area (TPSA) is 70.9 Å². The molecule has 0 aliphatic rings. The number of hydrogen-bond acceptors (Lipinski definition) is 4. The molecule has 21 heavy (non-hydrogen) atoms. The van der Waals surface area contributed by atoms with Gasteiger partial charge >= 0.3 is 0 Å². The molecular weight excluding hydrogens is 334 g/mol. The Kier molecular flexibility index (Phi) is 3.36. The van der Waals surface area contributed by atoms with Crippen LogP contribution in [-0.4, -0.2) is 26.4 Å². The van der Waals surface area contributed by atoms with Gasteiger partial charge in [0.05, 0.1) is 23.0 Å². The number of nitrogens with two attached hydrogens (primary N) is 1. The van der Waals surface area contributed by atoms with Crippen molar-refractivity contribution >= 4 is 33.0 Å². The maximum Gasteiger partial charge on any atom is 0.207 e. The Morgan fingerprint density at radius 2 is 2.14 bits per heavy atom. The second kappa shape index (κ2) is 5.07. The van der Waals surface area contributed by atoms with Crippen LogP contribution in [0.2, 0.25) is 0 Å². The largest absolute Gasteiger partial charge is 0.495 e. The molecule has 6 nitrogen and oxygen atoms in total. The molecule has 0 saturated carbocycles. The van der Waals surface area contributed by atoms with Crippen molar-refractivity contribution < 1.29 is 4.74 Å². The van der Waals surface area contributed by atoms with E-state index in [-0.39, 0.29) is 0 Å². The van der Waals surface area contributed by atoms with Gasteiger partial charge in [-0.3, -0.25) is 4.57 Å². The molecule has 0 bridgehead atoms. The van der Waals surface area contributed by atoms with Crippen LogP contribution in [0.3, 0.4) is 0 Å². The predicted molar refractivity (Wildman–Crippen MR) is 85.9 cm³/mol. The number of nitrogen functional groups attached to an aromatic ring is 1. The van der Waals surface area contributed by atoms with E-state index in [4.69, 9.17) is 10.5 Å². The van der Waals surface area contributed by atoms with E-state index in [2.05, 4.69) is 26.0 Å². The lowest BCUT2D eigenvalue weighted by Crippen LogP contribution is -2.06. The first-order valence-corrected chi connectivity index (χ1v) is 7.41. The molecule has 110 valence electrons. The normalized spacial score (nSPS) is 11.2. The number of aryl methyl sites for hydroxylation is 2. The molecule has 2 aromatic heterocycles. The summed E-state index contributed by atoms with van der Waals surface area (Å²) in [5.74, 6) is 1.19.